The van der Waals surface area contributed by atoms with Crippen molar-refractivity contribution in [3.63, 3.8) is 0 Å². The Morgan fingerprint density at radius 2 is 2.12 bits per heavy atom. The summed E-state index contributed by atoms with van der Waals surface area (Å²) in [5, 5.41) is 16.4. The largest absolute Gasteiger partial charge is 0.396 e. The molecule has 0 saturated heterocycles. The Morgan fingerprint density at radius 1 is 1.31 bits per heavy atom. The third kappa shape index (κ3) is 2.09. The van der Waals surface area contributed by atoms with E-state index in [1.807, 2.05) is 0 Å². The quantitative estimate of drug-likeness (QED) is 0.850. The Kier molecular flexibility index (Phi) is 3.26. The van der Waals surface area contributed by atoms with Crippen LogP contribution in [0.25, 0.3) is 11.3 Å². The second kappa shape index (κ2) is 4.85. The van der Waals surface area contributed by atoms with E-state index in [0.29, 0.717) is 24.2 Å². The molecule has 0 amide bonds. The van der Waals surface area contributed by atoms with Crippen LogP contribution in [0.1, 0.15) is 6.42 Å². The summed E-state index contributed by atoms with van der Waals surface area (Å²) < 4.78 is 15.1. The van der Waals surface area contributed by atoms with Crippen LogP contribution in [0.5, 0.6) is 0 Å². The van der Waals surface area contributed by atoms with Crippen molar-refractivity contribution in [1.29, 1.82) is 0 Å². The molecule has 1 aromatic carbocycles. The van der Waals surface area contributed by atoms with Crippen LogP contribution >= 0.6 is 0 Å². The lowest BCUT2D eigenvalue weighted by Gasteiger charge is -2.05. The van der Waals surface area contributed by atoms with Crippen molar-refractivity contribution >= 4 is 0 Å². The number of hydrogen-bond donors (Lipinski definition) is 1. The van der Waals surface area contributed by atoms with Crippen LogP contribution in [-0.2, 0) is 6.54 Å². The number of rotatable bonds is 4. The normalized spacial score (nSPS) is 10.6. The first-order valence-corrected chi connectivity index (χ1v) is 5.07. The van der Waals surface area contributed by atoms with E-state index in [4.69, 9.17) is 5.11 Å². The van der Waals surface area contributed by atoms with Gasteiger partial charge in [0, 0.05) is 18.7 Å². The van der Waals surface area contributed by atoms with Crippen molar-refractivity contribution in [2.75, 3.05) is 6.61 Å². The van der Waals surface area contributed by atoms with Crippen molar-refractivity contribution in [3.05, 3.63) is 36.3 Å². The second-order valence-corrected chi connectivity index (χ2v) is 3.40. The van der Waals surface area contributed by atoms with Gasteiger partial charge in [0.05, 0.1) is 11.9 Å². The lowest BCUT2D eigenvalue weighted by Crippen LogP contribution is -2.04. The molecule has 2 rings (SSSR count). The molecule has 0 atom stereocenters. The summed E-state index contributed by atoms with van der Waals surface area (Å²) >= 11 is 0. The fourth-order valence-electron chi connectivity index (χ4n) is 1.52. The van der Waals surface area contributed by atoms with Gasteiger partial charge in [-0.25, -0.2) is 9.07 Å². The number of aryl methyl sites for hydroxylation is 1. The minimum atomic E-state index is -0.296. The van der Waals surface area contributed by atoms with Crippen molar-refractivity contribution in [2.24, 2.45) is 0 Å². The van der Waals surface area contributed by atoms with Crippen LogP contribution in [0.2, 0.25) is 0 Å². The first kappa shape index (κ1) is 10.8. The van der Waals surface area contributed by atoms with Crippen molar-refractivity contribution in [2.45, 2.75) is 13.0 Å². The molecule has 0 fully saturated rings. The molecule has 0 bridgehead atoms. The molecule has 0 aliphatic rings. The van der Waals surface area contributed by atoms with Gasteiger partial charge in [-0.05, 0) is 18.6 Å². The van der Waals surface area contributed by atoms with Crippen LogP contribution in [0.4, 0.5) is 4.39 Å². The second-order valence-electron chi connectivity index (χ2n) is 3.40. The Balaban J connectivity index is 2.33. The lowest BCUT2D eigenvalue weighted by molar-refractivity contribution is 0.276. The van der Waals surface area contributed by atoms with Gasteiger partial charge in [-0.1, -0.05) is 17.3 Å². The van der Waals surface area contributed by atoms with Crippen LogP contribution < -0.4 is 0 Å². The highest BCUT2D eigenvalue weighted by molar-refractivity contribution is 5.58. The number of aliphatic hydroxyl groups excluding tert-OH is 1. The van der Waals surface area contributed by atoms with Gasteiger partial charge in [0.25, 0.3) is 0 Å². The van der Waals surface area contributed by atoms with E-state index >= 15 is 0 Å². The van der Waals surface area contributed by atoms with Crippen molar-refractivity contribution in [1.82, 2.24) is 15.0 Å². The molecular weight excluding hydrogens is 209 g/mol. The molecule has 0 spiro atoms. The van der Waals surface area contributed by atoms with E-state index in [1.165, 1.54) is 12.3 Å². The average molecular weight is 221 g/mol. The summed E-state index contributed by atoms with van der Waals surface area (Å²) in [5.41, 5.74) is 1.11. The topological polar surface area (TPSA) is 50.9 Å². The molecule has 84 valence electrons. The summed E-state index contributed by atoms with van der Waals surface area (Å²) in [4.78, 5) is 0. The van der Waals surface area contributed by atoms with Crippen LogP contribution in [0, 0.1) is 5.82 Å². The highest BCUT2D eigenvalue weighted by Gasteiger charge is 2.10. The monoisotopic (exact) mass is 221 g/mol. The van der Waals surface area contributed by atoms with Crippen molar-refractivity contribution in [3.8, 4) is 11.3 Å². The molecule has 16 heavy (non-hydrogen) atoms. The van der Waals surface area contributed by atoms with Crippen LogP contribution in [0.3, 0.4) is 0 Å². The highest BCUT2D eigenvalue weighted by Crippen LogP contribution is 2.21. The van der Waals surface area contributed by atoms with Gasteiger partial charge in [0.15, 0.2) is 0 Å². The van der Waals surface area contributed by atoms with E-state index < -0.39 is 0 Å². The first-order chi connectivity index (χ1) is 7.83. The molecule has 0 unspecified atom stereocenters. The molecule has 1 N–H and O–H groups in total. The van der Waals surface area contributed by atoms with Crippen LogP contribution in [0.15, 0.2) is 30.5 Å². The van der Waals surface area contributed by atoms with Crippen molar-refractivity contribution < 1.29 is 9.50 Å². The third-order valence-electron chi connectivity index (χ3n) is 2.30. The van der Waals surface area contributed by atoms with Gasteiger partial charge in [-0.15, -0.1) is 5.10 Å². The lowest BCUT2D eigenvalue weighted by atomic mass is 10.1. The summed E-state index contributed by atoms with van der Waals surface area (Å²) in [5.74, 6) is -0.296. The molecular formula is C11H12FN3O. The van der Waals surface area contributed by atoms with Gasteiger partial charge in [-0.3, -0.25) is 0 Å². The Morgan fingerprint density at radius 3 is 2.88 bits per heavy atom. The van der Waals surface area contributed by atoms with E-state index in [9.17, 15) is 4.39 Å². The first-order valence-electron chi connectivity index (χ1n) is 5.07. The van der Waals surface area contributed by atoms with Gasteiger partial charge in [0.2, 0.25) is 0 Å². The summed E-state index contributed by atoms with van der Waals surface area (Å²) in [6.45, 7) is 0.608. The van der Waals surface area contributed by atoms with Crippen LogP contribution in [-0.4, -0.2) is 26.7 Å². The maximum absolute atomic E-state index is 13.5. The SMILES string of the molecule is OCCCn1nncc1-c1ccccc1F. The standard InChI is InChI=1S/C11H12FN3O/c12-10-5-2-1-4-9(10)11-8-13-14-15(11)6-3-7-16/h1-2,4-5,8,16H,3,6-7H2. The molecule has 0 aliphatic heterocycles. The number of hydrogen-bond acceptors (Lipinski definition) is 3. The molecule has 1 aromatic heterocycles. The highest BCUT2D eigenvalue weighted by atomic mass is 19.1. The molecule has 1 heterocycles. The number of halogens is 1. The van der Waals surface area contributed by atoms with E-state index in [-0.39, 0.29) is 12.4 Å². The minimum Gasteiger partial charge on any atom is -0.396 e. The molecule has 2 aromatic rings. The van der Waals surface area contributed by atoms with Gasteiger partial charge in [0.1, 0.15) is 5.82 Å². The fourth-order valence-corrected chi connectivity index (χ4v) is 1.52. The maximum Gasteiger partial charge on any atom is 0.132 e. The predicted molar refractivity (Wildman–Crippen MR) is 57.1 cm³/mol. The Labute approximate surface area is 92.3 Å². The van der Waals surface area contributed by atoms with Gasteiger partial charge < -0.3 is 5.11 Å². The summed E-state index contributed by atoms with van der Waals surface area (Å²) in [6, 6.07) is 6.49. The van der Waals surface area contributed by atoms with Gasteiger partial charge >= 0.3 is 0 Å². The molecule has 5 heteroatoms. The number of benzene rings is 1. The zero-order chi connectivity index (χ0) is 11.4. The summed E-state index contributed by atoms with van der Waals surface area (Å²) in [6.07, 6.45) is 2.10. The zero-order valence-corrected chi connectivity index (χ0v) is 8.67. The minimum absolute atomic E-state index is 0.0799. The molecule has 0 saturated carbocycles. The third-order valence-corrected chi connectivity index (χ3v) is 2.30. The molecule has 0 aliphatic carbocycles. The Hall–Kier alpha value is -1.75. The van der Waals surface area contributed by atoms with E-state index in [0.717, 1.165) is 0 Å². The zero-order valence-electron chi connectivity index (χ0n) is 8.67. The number of nitrogens with zero attached hydrogens (tertiary/aromatic N) is 3. The van der Waals surface area contributed by atoms with Gasteiger partial charge in [-0.2, -0.15) is 0 Å². The predicted octanol–water partition coefficient (Wildman–Crippen LogP) is 1.47. The van der Waals surface area contributed by atoms with E-state index in [2.05, 4.69) is 10.3 Å². The smallest absolute Gasteiger partial charge is 0.132 e. The fraction of sp³-hybridized carbons (Fsp3) is 0.273. The number of aliphatic hydroxyl groups is 1. The maximum atomic E-state index is 13.5. The van der Waals surface area contributed by atoms with E-state index in [1.54, 1.807) is 22.9 Å². The Bertz CT molecular complexity index is 470. The molecule has 4 nitrogen and oxygen atoms in total. The average Bonchev–Trinajstić information content (AvgIpc) is 2.75. The molecule has 0 radical (unpaired) electrons. The summed E-state index contributed by atoms with van der Waals surface area (Å²) in [7, 11) is 0. The number of aromatic nitrogens is 3.